The van der Waals surface area contributed by atoms with E-state index in [-0.39, 0.29) is 22.2 Å². The van der Waals surface area contributed by atoms with E-state index in [9.17, 15) is 18.0 Å². The molecule has 0 radical (unpaired) electrons. The Hall–Kier alpha value is -1.94. The number of carbonyl (C=O) groups excluding carboxylic acids is 2. The molecule has 0 bridgehead atoms. The van der Waals surface area contributed by atoms with Crippen molar-refractivity contribution in [1.82, 2.24) is 4.90 Å². The van der Waals surface area contributed by atoms with Crippen molar-refractivity contribution in [3.8, 4) is 5.75 Å². The van der Waals surface area contributed by atoms with Crippen LogP contribution in [-0.4, -0.2) is 31.4 Å². The molecular weight excluding hydrogens is 646 g/mol. The zero-order valence-electron chi connectivity index (χ0n) is 20.0. The summed E-state index contributed by atoms with van der Waals surface area (Å²) in [7, 11) is -4.24. The maximum Gasteiger partial charge on any atom is 0.339 e. The van der Waals surface area contributed by atoms with Crippen LogP contribution in [0.25, 0.3) is 0 Å². The van der Waals surface area contributed by atoms with Crippen LogP contribution in [0.3, 0.4) is 0 Å². The number of carbonyl (C=O) groups is 2. The third kappa shape index (κ3) is 4.84. The van der Waals surface area contributed by atoms with Crippen LogP contribution >= 0.6 is 43.5 Å². The molecule has 0 aromatic heterocycles. The molecule has 0 saturated heterocycles. The smallest absolute Gasteiger partial charge is 0.339 e. The molecule has 10 heteroatoms. The van der Waals surface area contributed by atoms with E-state index in [1.165, 1.54) is 24.3 Å². The molecule has 37 heavy (non-hydrogen) atoms. The Morgan fingerprint density at radius 2 is 1.51 bits per heavy atom. The second-order valence-electron chi connectivity index (χ2n) is 9.25. The van der Waals surface area contributed by atoms with E-state index in [1.54, 1.807) is 12.1 Å². The topological polar surface area (TPSA) is 80.8 Å². The summed E-state index contributed by atoms with van der Waals surface area (Å²) in [5, 5.41) is 0.401. The average Bonchev–Trinajstić information content (AvgIpc) is 2.85. The van der Waals surface area contributed by atoms with Crippen LogP contribution in [0.1, 0.15) is 56.9 Å². The molecule has 0 N–H and O–H groups in total. The minimum absolute atomic E-state index is 0.0165. The predicted octanol–water partition coefficient (Wildman–Crippen LogP) is 7.07. The summed E-state index contributed by atoms with van der Waals surface area (Å²) in [5.74, 6) is -0.685. The van der Waals surface area contributed by atoms with Crippen LogP contribution in [0.2, 0.25) is 5.02 Å². The summed E-state index contributed by atoms with van der Waals surface area (Å²) >= 11 is 12.9. The van der Waals surface area contributed by atoms with Gasteiger partial charge in [-0.15, -0.1) is 0 Å². The van der Waals surface area contributed by atoms with Crippen LogP contribution in [0.15, 0.2) is 72.8 Å². The minimum atomic E-state index is -4.24. The number of Topliss-reactive ketones (excluding diaryl/α,β-unsaturated/α-hetero) is 2. The average molecular weight is 670 g/mol. The van der Waals surface area contributed by atoms with Crippen LogP contribution in [0.5, 0.6) is 5.75 Å². The summed E-state index contributed by atoms with van der Waals surface area (Å²) < 4.78 is 33.4. The van der Waals surface area contributed by atoms with Crippen molar-refractivity contribution in [1.29, 1.82) is 0 Å². The van der Waals surface area contributed by atoms with Crippen molar-refractivity contribution in [2.75, 3.05) is 6.54 Å². The fraction of sp³-hybridized carbons (Fsp3) is 0.333. The first-order chi connectivity index (χ1) is 17.6. The van der Waals surface area contributed by atoms with E-state index in [0.29, 0.717) is 50.1 Å². The Balaban J connectivity index is 1.74. The number of rotatable bonds is 5. The normalized spacial score (nSPS) is 18.8. The van der Waals surface area contributed by atoms with Crippen LogP contribution in [-0.2, 0) is 19.7 Å². The Morgan fingerprint density at radius 3 is 2.05 bits per heavy atom. The number of benzene rings is 2. The highest BCUT2D eigenvalue weighted by Gasteiger charge is 2.44. The number of allylic oxidation sites excluding steroid dienone is 4. The van der Waals surface area contributed by atoms with Gasteiger partial charge in [0.2, 0.25) is 0 Å². The molecule has 1 heterocycles. The molecule has 5 rings (SSSR count). The summed E-state index contributed by atoms with van der Waals surface area (Å²) in [6, 6.07) is 9.15. The zero-order valence-corrected chi connectivity index (χ0v) is 24.8. The molecule has 0 saturated carbocycles. The van der Waals surface area contributed by atoms with E-state index in [2.05, 4.69) is 36.8 Å². The van der Waals surface area contributed by atoms with E-state index in [4.69, 9.17) is 15.8 Å². The molecule has 0 fully saturated rings. The largest absolute Gasteiger partial charge is 0.377 e. The molecule has 0 amide bonds. The van der Waals surface area contributed by atoms with E-state index < -0.39 is 16.0 Å². The van der Waals surface area contributed by atoms with E-state index in [0.717, 1.165) is 37.1 Å². The van der Waals surface area contributed by atoms with Gasteiger partial charge in [-0.2, -0.15) is 8.42 Å². The molecule has 0 unspecified atom stereocenters. The van der Waals surface area contributed by atoms with Gasteiger partial charge in [0.05, 0.1) is 4.47 Å². The SMILES string of the molecule is CCN1C2=C(C(=O)CCC2)C(c2cc(Br)cc(Br)c2OS(=O)(=O)c2ccc(Cl)cc2)C2=C1CCCC2=O. The first-order valence-electron chi connectivity index (χ1n) is 12.1. The van der Waals surface area contributed by atoms with Crippen molar-refractivity contribution in [3.63, 3.8) is 0 Å². The van der Waals surface area contributed by atoms with Crippen molar-refractivity contribution < 1.29 is 22.2 Å². The molecule has 0 spiro atoms. The summed E-state index contributed by atoms with van der Waals surface area (Å²) in [4.78, 5) is 29.0. The quantitative estimate of drug-likeness (QED) is 0.317. The summed E-state index contributed by atoms with van der Waals surface area (Å²) in [5.41, 5.74) is 3.46. The molecule has 2 aromatic rings. The minimum Gasteiger partial charge on any atom is -0.377 e. The van der Waals surface area contributed by atoms with E-state index in [1.807, 2.05) is 6.92 Å². The fourth-order valence-corrected chi connectivity index (χ4v) is 8.09. The number of halogens is 3. The number of ketones is 2. The maximum atomic E-state index is 13.5. The summed E-state index contributed by atoms with van der Waals surface area (Å²) in [6.45, 7) is 2.68. The Kier molecular flexibility index (Phi) is 7.44. The Labute approximate surface area is 238 Å². The third-order valence-electron chi connectivity index (χ3n) is 7.05. The van der Waals surface area contributed by atoms with Gasteiger partial charge >= 0.3 is 10.1 Å². The van der Waals surface area contributed by atoms with Crippen molar-refractivity contribution in [2.45, 2.75) is 56.3 Å². The predicted molar refractivity (Wildman–Crippen MR) is 148 cm³/mol. The summed E-state index contributed by atoms with van der Waals surface area (Å²) in [6.07, 6.45) is 3.72. The van der Waals surface area contributed by atoms with Gasteiger partial charge in [-0.3, -0.25) is 9.59 Å². The second-order valence-corrected chi connectivity index (χ2v) is 13.0. The van der Waals surface area contributed by atoms with Gasteiger partial charge in [-0.25, -0.2) is 0 Å². The van der Waals surface area contributed by atoms with Gasteiger partial charge in [0.15, 0.2) is 17.3 Å². The first-order valence-corrected chi connectivity index (χ1v) is 15.5. The maximum absolute atomic E-state index is 13.5. The first kappa shape index (κ1) is 26.7. The Bertz CT molecular complexity index is 1440. The number of hydrogen-bond acceptors (Lipinski definition) is 6. The molecule has 2 aromatic carbocycles. The lowest BCUT2D eigenvalue weighted by molar-refractivity contribution is -0.117. The van der Waals surface area contributed by atoms with Crippen molar-refractivity contribution in [2.24, 2.45) is 0 Å². The monoisotopic (exact) mass is 667 g/mol. The van der Waals surface area contributed by atoms with Gasteiger partial charge in [-0.05, 0) is 84.9 Å². The van der Waals surface area contributed by atoms with Gasteiger partial charge in [0, 0.05) is 62.9 Å². The Morgan fingerprint density at radius 1 is 0.946 bits per heavy atom. The molecular formula is C27H24Br2ClNO5S. The number of nitrogens with zero attached hydrogens (tertiary/aromatic N) is 1. The van der Waals surface area contributed by atoms with Gasteiger partial charge in [0.1, 0.15) is 4.90 Å². The molecule has 6 nitrogen and oxygen atoms in total. The van der Waals surface area contributed by atoms with Crippen LogP contribution in [0, 0.1) is 0 Å². The van der Waals surface area contributed by atoms with E-state index >= 15 is 0 Å². The zero-order chi connectivity index (χ0) is 26.5. The molecule has 1 aliphatic heterocycles. The highest BCUT2D eigenvalue weighted by atomic mass is 79.9. The highest BCUT2D eigenvalue weighted by Crippen LogP contribution is 2.52. The third-order valence-corrected chi connectivity index (χ3v) is 9.58. The fourth-order valence-electron chi connectivity index (χ4n) is 5.55. The molecule has 0 atom stereocenters. The second kappa shape index (κ2) is 10.3. The molecule has 2 aliphatic carbocycles. The van der Waals surface area contributed by atoms with Gasteiger partial charge in [-0.1, -0.05) is 27.5 Å². The van der Waals surface area contributed by atoms with Crippen molar-refractivity contribution >= 4 is 65.1 Å². The van der Waals surface area contributed by atoms with Gasteiger partial charge in [0.25, 0.3) is 0 Å². The van der Waals surface area contributed by atoms with Crippen molar-refractivity contribution in [3.05, 3.63) is 78.5 Å². The van der Waals surface area contributed by atoms with Gasteiger partial charge < -0.3 is 9.08 Å². The lowest BCUT2D eigenvalue weighted by Gasteiger charge is -2.43. The van der Waals surface area contributed by atoms with Crippen LogP contribution in [0.4, 0.5) is 0 Å². The molecule has 3 aliphatic rings. The number of hydrogen-bond donors (Lipinski definition) is 0. The lowest BCUT2D eigenvalue weighted by Crippen LogP contribution is -2.39. The highest BCUT2D eigenvalue weighted by molar-refractivity contribution is 9.11. The molecule has 194 valence electrons. The lowest BCUT2D eigenvalue weighted by atomic mass is 9.70. The van der Waals surface area contributed by atoms with Crippen LogP contribution < -0.4 is 4.18 Å². The standard InChI is InChI=1S/C27H24Br2ClNO5S/c1-2-31-20-5-3-7-22(32)25(20)24(26-21(31)6-4-8-23(26)33)18-13-15(28)14-19(29)27(18)36-37(34,35)17-11-9-16(30)10-12-17/h9-14,24H,2-8H2,1H3.